The van der Waals surface area contributed by atoms with Crippen molar-refractivity contribution in [3.63, 3.8) is 0 Å². The second-order valence-corrected chi connectivity index (χ2v) is 4.89. The number of hydrogen-bond donors (Lipinski definition) is 0. The number of nitriles is 1. The van der Waals surface area contributed by atoms with Crippen molar-refractivity contribution in [1.82, 2.24) is 9.97 Å². The van der Waals surface area contributed by atoms with Gasteiger partial charge < -0.3 is 4.90 Å². The molecule has 0 bridgehead atoms. The molecule has 0 radical (unpaired) electrons. The topological polar surface area (TPSA) is 52.8 Å². The number of aromatic nitrogens is 2. The van der Waals surface area contributed by atoms with Gasteiger partial charge >= 0.3 is 0 Å². The summed E-state index contributed by atoms with van der Waals surface area (Å²) in [7, 11) is 0. The highest BCUT2D eigenvalue weighted by Crippen LogP contribution is 2.26. The third kappa shape index (κ3) is 2.70. The zero-order chi connectivity index (χ0) is 12.1. The van der Waals surface area contributed by atoms with Gasteiger partial charge in [-0.2, -0.15) is 5.26 Å². The van der Waals surface area contributed by atoms with Gasteiger partial charge in [0.1, 0.15) is 23.0 Å². The van der Waals surface area contributed by atoms with E-state index < -0.39 is 0 Å². The van der Waals surface area contributed by atoms with E-state index in [1.54, 1.807) is 6.33 Å². The standard InChI is InChI=1S/C12H16N4S/c1-17-12-10(8-13)11(14-9-15-12)16-6-4-2-3-5-7-16/h9H,2-7H2,1H3. The Morgan fingerprint density at radius 2 is 1.94 bits per heavy atom. The largest absolute Gasteiger partial charge is 0.355 e. The van der Waals surface area contributed by atoms with E-state index in [1.165, 1.54) is 37.4 Å². The Hall–Kier alpha value is -1.28. The van der Waals surface area contributed by atoms with Crippen LogP contribution in [0.4, 0.5) is 5.82 Å². The molecule has 90 valence electrons. The summed E-state index contributed by atoms with van der Waals surface area (Å²) in [6.07, 6.45) is 8.42. The van der Waals surface area contributed by atoms with Crippen LogP contribution in [0.1, 0.15) is 31.2 Å². The summed E-state index contributed by atoms with van der Waals surface area (Å²) in [5, 5.41) is 10.0. The van der Waals surface area contributed by atoms with Gasteiger partial charge in [-0.25, -0.2) is 9.97 Å². The van der Waals surface area contributed by atoms with Crippen LogP contribution in [0.25, 0.3) is 0 Å². The van der Waals surface area contributed by atoms with Gasteiger partial charge in [-0.15, -0.1) is 11.8 Å². The number of hydrogen-bond acceptors (Lipinski definition) is 5. The van der Waals surface area contributed by atoms with Gasteiger partial charge in [0, 0.05) is 13.1 Å². The molecule has 0 saturated carbocycles. The Bertz CT molecular complexity index is 419. The Labute approximate surface area is 106 Å². The molecule has 1 aromatic heterocycles. The second-order valence-electron chi connectivity index (χ2n) is 4.09. The first-order valence-electron chi connectivity index (χ1n) is 5.91. The lowest BCUT2D eigenvalue weighted by Crippen LogP contribution is -2.26. The van der Waals surface area contributed by atoms with E-state index in [2.05, 4.69) is 20.9 Å². The predicted octanol–water partition coefficient (Wildman–Crippen LogP) is 2.45. The normalized spacial score (nSPS) is 16.4. The van der Waals surface area contributed by atoms with Crippen molar-refractivity contribution in [2.24, 2.45) is 0 Å². The van der Waals surface area contributed by atoms with Crippen molar-refractivity contribution >= 4 is 17.6 Å². The van der Waals surface area contributed by atoms with Crippen molar-refractivity contribution in [2.75, 3.05) is 24.2 Å². The summed E-state index contributed by atoms with van der Waals surface area (Å²) in [4.78, 5) is 10.7. The maximum atomic E-state index is 9.26. The van der Waals surface area contributed by atoms with Crippen LogP contribution in [-0.2, 0) is 0 Å². The summed E-state index contributed by atoms with van der Waals surface area (Å²) in [5.74, 6) is 0.814. The molecular weight excluding hydrogens is 232 g/mol. The Morgan fingerprint density at radius 1 is 1.24 bits per heavy atom. The minimum atomic E-state index is 0.627. The molecule has 2 rings (SSSR count). The maximum Gasteiger partial charge on any atom is 0.151 e. The van der Waals surface area contributed by atoms with E-state index in [0.29, 0.717) is 5.56 Å². The molecule has 1 aromatic rings. The third-order valence-electron chi connectivity index (χ3n) is 3.00. The molecule has 1 aliphatic heterocycles. The summed E-state index contributed by atoms with van der Waals surface area (Å²) >= 11 is 1.50. The van der Waals surface area contributed by atoms with Gasteiger partial charge in [0.25, 0.3) is 0 Å². The van der Waals surface area contributed by atoms with Crippen LogP contribution in [0.2, 0.25) is 0 Å². The molecular formula is C12H16N4S. The molecule has 0 aliphatic carbocycles. The summed E-state index contributed by atoms with van der Waals surface area (Å²) in [6.45, 7) is 2.00. The first kappa shape index (κ1) is 12.2. The summed E-state index contributed by atoms with van der Waals surface area (Å²) in [5.41, 5.74) is 0.627. The number of anilines is 1. The van der Waals surface area contributed by atoms with E-state index in [-0.39, 0.29) is 0 Å². The van der Waals surface area contributed by atoms with Crippen LogP contribution in [0.3, 0.4) is 0 Å². The molecule has 1 saturated heterocycles. The average molecular weight is 248 g/mol. The lowest BCUT2D eigenvalue weighted by molar-refractivity contribution is 0.726. The van der Waals surface area contributed by atoms with Gasteiger partial charge in [0.15, 0.2) is 5.82 Å². The molecule has 1 aliphatic rings. The van der Waals surface area contributed by atoms with E-state index in [9.17, 15) is 5.26 Å². The Morgan fingerprint density at radius 3 is 2.53 bits per heavy atom. The quantitative estimate of drug-likeness (QED) is 0.594. The maximum absolute atomic E-state index is 9.26. The van der Waals surface area contributed by atoms with E-state index >= 15 is 0 Å². The van der Waals surface area contributed by atoms with Crippen LogP contribution >= 0.6 is 11.8 Å². The molecule has 5 heteroatoms. The smallest absolute Gasteiger partial charge is 0.151 e. The van der Waals surface area contributed by atoms with Gasteiger partial charge in [-0.1, -0.05) is 12.8 Å². The molecule has 0 spiro atoms. The van der Waals surface area contributed by atoms with Crippen molar-refractivity contribution < 1.29 is 0 Å². The van der Waals surface area contributed by atoms with Crippen molar-refractivity contribution in [3.8, 4) is 6.07 Å². The SMILES string of the molecule is CSc1ncnc(N2CCCCCC2)c1C#N. The minimum absolute atomic E-state index is 0.627. The summed E-state index contributed by atoms with van der Waals surface area (Å²) in [6, 6.07) is 2.25. The number of nitrogens with zero attached hydrogens (tertiary/aromatic N) is 4. The lowest BCUT2D eigenvalue weighted by atomic mass is 10.2. The molecule has 0 aromatic carbocycles. The van der Waals surface area contributed by atoms with Gasteiger partial charge in [0.2, 0.25) is 0 Å². The predicted molar refractivity (Wildman–Crippen MR) is 69.2 cm³/mol. The van der Waals surface area contributed by atoms with Crippen molar-refractivity contribution in [3.05, 3.63) is 11.9 Å². The van der Waals surface area contributed by atoms with Crippen LogP contribution < -0.4 is 4.90 Å². The van der Waals surface area contributed by atoms with E-state index in [4.69, 9.17) is 0 Å². The van der Waals surface area contributed by atoms with Crippen LogP contribution in [0.15, 0.2) is 11.4 Å². The average Bonchev–Trinajstić information content (AvgIpc) is 2.66. The summed E-state index contributed by atoms with van der Waals surface area (Å²) < 4.78 is 0. The van der Waals surface area contributed by atoms with Crippen LogP contribution in [0, 0.1) is 11.3 Å². The molecule has 0 unspecified atom stereocenters. The van der Waals surface area contributed by atoms with Crippen molar-refractivity contribution in [2.45, 2.75) is 30.7 Å². The first-order valence-corrected chi connectivity index (χ1v) is 7.13. The monoisotopic (exact) mass is 248 g/mol. The fourth-order valence-electron chi connectivity index (χ4n) is 2.14. The zero-order valence-electron chi connectivity index (χ0n) is 10.0. The number of thioether (sulfide) groups is 1. The second kappa shape index (κ2) is 5.87. The molecule has 0 atom stereocenters. The Kier molecular flexibility index (Phi) is 4.21. The molecule has 0 N–H and O–H groups in total. The lowest BCUT2D eigenvalue weighted by Gasteiger charge is -2.22. The highest BCUT2D eigenvalue weighted by molar-refractivity contribution is 7.98. The molecule has 17 heavy (non-hydrogen) atoms. The molecule has 2 heterocycles. The van der Waals surface area contributed by atoms with Gasteiger partial charge in [-0.3, -0.25) is 0 Å². The number of rotatable bonds is 2. The Balaban J connectivity index is 2.33. The first-order chi connectivity index (χ1) is 8.36. The highest BCUT2D eigenvalue weighted by atomic mass is 32.2. The fourth-order valence-corrected chi connectivity index (χ4v) is 2.63. The van der Waals surface area contributed by atoms with Crippen LogP contribution in [0.5, 0.6) is 0 Å². The van der Waals surface area contributed by atoms with Crippen molar-refractivity contribution in [1.29, 1.82) is 5.26 Å². The zero-order valence-corrected chi connectivity index (χ0v) is 10.8. The minimum Gasteiger partial charge on any atom is -0.355 e. The van der Waals surface area contributed by atoms with E-state index in [1.807, 2.05) is 6.26 Å². The molecule has 0 amide bonds. The highest BCUT2D eigenvalue weighted by Gasteiger charge is 2.17. The third-order valence-corrected chi connectivity index (χ3v) is 3.70. The van der Waals surface area contributed by atoms with Gasteiger partial charge in [0.05, 0.1) is 0 Å². The molecule has 1 fully saturated rings. The fraction of sp³-hybridized carbons (Fsp3) is 0.583. The van der Waals surface area contributed by atoms with Gasteiger partial charge in [-0.05, 0) is 19.1 Å². The molecule has 4 nitrogen and oxygen atoms in total. The van der Waals surface area contributed by atoms with Crippen LogP contribution in [-0.4, -0.2) is 29.3 Å². The van der Waals surface area contributed by atoms with E-state index in [0.717, 1.165) is 23.9 Å².